The minimum Gasteiger partial charge on any atom is -0.462 e. The molecule has 5 atom stereocenters. The number of aliphatic hydroxyl groups is 1. The molecule has 23 heavy (non-hydrogen) atoms. The van der Waals surface area contributed by atoms with Crippen LogP contribution in [0.15, 0.2) is 0 Å². The summed E-state index contributed by atoms with van der Waals surface area (Å²) in [6, 6.07) is 0. The van der Waals surface area contributed by atoms with Crippen molar-refractivity contribution in [1.29, 1.82) is 0 Å². The van der Waals surface area contributed by atoms with Crippen molar-refractivity contribution in [2.24, 2.45) is 28.6 Å². The summed E-state index contributed by atoms with van der Waals surface area (Å²) in [6.07, 6.45) is 5.18. The van der Waals surface area contributed by atoms with Crippen molar-refractivity contribution >= 4 is 5.97 Å². The van der Waals surface area contributed by atoms with Gasteiger partial charge in [0.05, 0.1) is 6.10 Å². The van der Waals surface area contributed by atoms with Gasteiger partial charge < -0.3 is 9.84 Å². The van der Waals surface area contributed by atoms with Crippen molar-refractivity contribution in [2.45, 2.75) is 92.3 Å². The van der Waals surface area contributed by atoms with Gasteiger partial charge in [0.2, 0.25) is 0 Å². The molecule has 3 heteroatoms. The van der Waals surface area contributed by atoms with E-state index in [1.165, 1.54) is 0 Å². The molecule has 2 rings (SSSR count). The van der Waals surface area contributed by atoms with Gasteiger partial charge in [-0.05, 0) is 55.3 Å². The number of hydrogen-bond donors (Lipinski definition) is 1. The third-order valence-corrected chi connectivity index (χ3v) is 6.58. The molecular formula is C20H36O3. The Kier molecular flexibility index (Phi) is 5.50. The van der Waals surface area contributed by atoms with Crippen LogP contribution in [0.4, 0.5) is 0 Å². The fourth-order valence-corrected chi connectivity index (χ4v) is 5.11. The Morgan fingerprint density at radius 1 is 1.22 bits per heavy atom. The van der Waals surface area contributed by atoms with Crippen molar-refractivity contribution in [3.8, 4) is 0 Å². The molecule has 0 spiro atoms. The molecule has 2 aliphatic rings. The summed E-state index contributed by atoms with van der Waals surface area (Å²) >= 11 is 0. The molecule has 0 aromatic heterocycles. The van der Waals surface area contributed by atoms with Crippen molar-refractivity contribution in [3.63, 3.8) is 0 Å². The predicted molar refractivity (Wildman–Crippen MR) is 93.0 cm³/mol. The van der Waals surface area contributed by atoms with E-state index in [0.29, 0.717) is 24.2 Å². The van der Waals surface area contributed by atoms with Crippen molar-refractivity contribution < 1.29 is 14.6 Å². The molecule has 0 saturated heterocycles. The molecule has 2 fully saturated rings. The summed E-state index contributed by atoms with van der Waals surface area (Å²) in [7, 11) is 0. The summed E-state index contributed by atoms with van der Waals surface area (Å²) in [5.41, 5.74) is 0.191. The lowest BCUT2D eigenvalue weighted by molar-refractivity contribution is -0.157. The van der Waals surface area contributed by atoms with Gasteiger partial charge in [-0.25, -0.2) is 0 Å². The second kappa shape index (κ2) is 6.74. The fraction of sp³-hybridized carbons (Fsp3) is 0.950. The number of esters is 1. The van der Waals surface area contributed by atoms with Gasteiger partial charge in [0.25, 0.3) is 0 Å². The maximum atomic E-state index is 12.2. The summed E-state index contributed by atoms with van der Waals surface area (Å²) in [6.45, 7) is 13.2. The van der Waals surface area contributed by atoms with Crippen LogP contribution in [0.1, 0.15) is 80.1 Å². The van der Waals surface area contributed by atoms with Gasteiger partial charge in [-0.3, -0.25) is 4.79 Å². The smallest absolute Gasteiger partial charge is 0.306 e. The van der Waals surface area contributed by atoms with Gasteiger partial charge in [-0.1, -0.05) is 41.5 Å². The van der Waals surface area contributed by atoms with E-state index in [-0.39, 0.29) is 29.0 Å². The lowest BCUT2D eigenvalue weighted by atomic mass is 9.64. The lowest BCUT2D eigenvalue weighted by Crippen LogP contribution is -2.40. The van der Waals surface area contributed by atoms with E-state index in [1.54, 1.807) is 0 Å². The van der Waals surface area contributed by atoms with Crippen LogP contribution in [0.25, 0.3) is 0 Å². The second-order valence-corrected chi connectivity index (χ2v) is 9.49. The zero-order valence-corrected chi connectivity index (χ0v) is 15.9. The average molecular weight is 325 g/mol. The predicted octanol–water partition coefficient (Wildman–Crippen LogP) is 4.57. The zero-order chi connectivity index (χ0) is 17.4. The first-order valence-electron chi connectivity index (χ1n) is 9.44. The highest BCUT2D eigenvalue weighted by Crippen LogP contribution is 2.60. The van der Waals surface area contributed by atoms with Crippen molar-refractivity contribution in [3.05, 3.63) is 0 Å². The Bertz CT molecular complexity index is 429. The third kappa shape index (κ3) is 3.92. The van der Waals surface area contributed by atoms with E-state index >= 15 is 0 Å². The molecule has 0 amide bonds. The molecule has 0 aromatic carbocycles. The van der Waals surface area contributed by atoms with Gasteiger partial charge in [0.15, 0.2) is 0 Å². The molecule has 134 valence electrons. The van der Waals surface area contributed by atoms with Gasteiger partial charge in [-0.2, -0.15) is 0 Å². The fourth-order valence-electron chi connectivity index (χ4n) is 5.11. The standard InChI is InChI=1S/C20H36O3/c1-13(2)11-18(22)23-17-12-19(4,5)16-8-7-14(3)15(21)9-10-20(16,17)6/h13-17,21H,7-12H2,1-6H3/t14?,15-,16?,17?,20-/m1/s1. The molecule has 2 saturated carbocycles. The Hall–Kier alpha value is -0.570. The van der Waals surface area contributed by atoms with Crippen LogP contribution in [0, 0.1) is 28.6 Å². The number of carbonyl (C=O) groups excluding carboxylic acids is 1. The number of fused-ring (bicyclic) bond motifs is 1. The molecule has 1 N–H and O–H groups in total. The highest BCUT2D eigenvalue weighted by molar-refractivity contribution is 5.69. The normalized spacial score (nSPS) is 40.3. The molecule has 0 aliphatic heterocycles. The van der Waals surface area contributed by atoms with Gasteiger partial charge in [-0.15, -0.1) is 0 Å². The molecule has 2 aliphatic carbocycles. The van der Waals surface area contributed by atoms with Crippen LogP contribution < -0.4 is 0 Å². The quantitative estimate of drug-likeness (QED) is 0.774. The minimum atomic E-state index is -0.219. The van der Waals surface area contributed by atoms with Crippen LogP contribution in [0.5, 0.6) is 0 Å². The lowest BCUT2D eigenvalue weighted by Gasteiger charge is -2.43. The summed E-state index contributed by atoms with van der Waals surface area (Å²) in [4.78, 5) is 12.2. The molecule has 3 unspecified atom stereocenters. The number of rotatable bonds is 3. The van der Waals surface area contributed by atoms with Crippen LogP contribution in [0.3, 0.4) is 0 Å². The van der Waals surface area contributed by atoms with Crippen molar-refractivity contribution in [1.82, 2.24) is 0 Å². The highest BCUT2D eigenvalue weighted by Gasteiger charge is 2.57. The van der Waals surface area contributed by atoms with E-state index in [1.807, 2.05) is 0 Å². The number of aliphatic hydroxyl groups excluding tert-OH is 1. The summed E-state index contributed by atoms with van der Waals surface area (Å²) < 4.78 is 5.97. The SMILES string of the molecule is CC(C)CC(=O)OC1CC(C)(C)C2CCC(C)[C@H](O)CC[C@@]12C. The van der Waals surface area contributed by atoms with Crippen LogP contribution >= 0.6 is 0 Å². The maximum Gasteiger partial charge on any atom is 0.306 e. The second-order valence-electron chi connectivity index (χ2n) is 9.49. The number of carbonyl (C=O) groups is 1. The van der Waals surface area contributed by atoms with Gasteiger partial charge in [0, 0.05) is 11.8 Å². The maximum absolute atomic E-state index is 12.2. The van der Waals surface area contributed by atoms with E-state index in [0.717, 1.165) is 32.1 Å². The Labute approximate surface area is 142 Å². The third-order valence-electron chi connectivity index (χ3n) is 6.58. The van der Waals surface area contributed by atoms with Crippen LogP contribution in [-0.2, 0) is 9.53 Å². The Morgan fingerprint density at radius 2 is 1.87 bits per heavy atom. The molecule has 0 radical (unpaired) electrons. The molecule has 0 heterocycles. The largest absolute Gasteiger partial charge is 0.462 e. The first-order valence-corrected chi connectivity index (χ1v) is 9.44. The van der Waals surface area contributed by atoms with E-state index in [4.69, 9.17) is 4.74 Å². The molecular weight excluding hydrogens is 288 g/mol. The van der Waals surface area contributed by atoms with Crippen LogP contribution in [-0.4, -0.2) is 23.3 Å². The monoisotopic (exact) mass is 324 g/mol. The van der Waals surface area contributed by atoms with Gasteiger partial charge in [0.1, 0.15) is 6.10 Å². The molecule has 0 bridgehead atoms. The zero-order valence-electron chi connectivity index (χ0n) is 15.9. The molecule has 0 aromatic rings. The summed E-state index contributed by atoms with van der Waals surface area (Å²) in [5, 5.41) is 10.3. The first-order chi connectivity index (χ1) is 10.6. The van der Waals surface area contributed by atoms with E-state index in [9.17, 15) is 9.90 Å². The Morgan fingerprint density at radius 3 is 2.48 bits per heavy atom. The van der Waals surface area contributed by atoms with Gasteiger partial charge >= 0.3 is 5.97 Å². The van der Waals surface area contributed by atoms with E-state index in [2.05, 4.69) is 41.5 Å². The number of hydrogen-bond acceptors (Lipinski definition) is 3. The average Bonchev–Trinajstić information content (AvgIpc) is 2.58. The number of ether oxygens (including phenoxy) is 1. The van der Waals surface area contributed by atoms with Crippen LogP contribution in [0.2, 0.25) is 0 Å². The van der Waals surface area contributed by atoms with Crippen molar-refractivity contribution in [2.75, 3.05) is 0 Å². The Balaban J connectivity index is 2.19. The topological polar surface area (TPSA) is 46.5 Å². The molecule has 3 nitrogen and oxygen atoms in total. The highest BCUT2D eigenvalue weighted by atomic mass is 16.5. The summed E-state index contributed by atoms with van der Waals surface area (Å²) in [5.74, 6) is 1.21. The van der Waals surface area contributed by atoms with E-state index < -0.39 is 0 Å². The minimum absolute atomic E-state index is 0.00272. The first kappa shape index (κ1) is 18.8.